The van der Waals surface area contributed by atoms with Crippen LogP contribution in [0.15, 0.2) is 18.2 Å². The van der Waals surface area contributed by atoms with Crippen LogP contribution in [0.2, 0.25) is 0 Å². The van der Waals surface area contributed by atoms with Gasteiger partial charge in [-0.05, 0) is 81.4 Å². The molecule has 4 saturated carbocycles. The summed E-state index contributed by atoms with van der Waals surface area (Å²) in [6.45, 7) is 1.71. The Morgan fingerprint density at radius 2 is 1.68 bits per heavy atom. The van der Waals surface area contributed by atoms with Crippen molar-refractivity contribution in [2.45, 2.75) is 52.1 Å². The third kappa shape index (κ3) is 2.96. The molecule has 0 radical (unpaired) electrons. The normalized spacial score (nSPS) is 32.5. The molecule has 0 N–H and O–H groups in total. The van der Waals surface area contributed by atoms with Gasteiger partial charge in [-0.15, -0.1) is 0 Å². The molecule has 1 aromatic carbocycles. The molecule has 0 aliphatic heterocycles. The molecule has 0 amide bonds. The summed E-state index contributed by atoms with van der Waals surface area (Å²) in [7, 11) is 1.59. The van der Waals surface area contributed by atoms with Gasteiger partial charge in [-0.3, -0.25) is 9.59 Å². The highest BCUT2D eigenvalue weighted by atomic mass is 16.5. The first-order valence-electron chi connectivity index (χ1n) is 9.34. The fraction of sp³-hybridized carbons (Fsp3) is 0.619. The fourth-order valence-electron chi connectivity index (χ4n) is 5.77. The number of carbonyl (C=O) groups is 2. The lowest BCUT2D eigenvalue weighted by atomic mass is 9.49. The predicted octanol–water partition coefficient (Wildman–Crippen LogP) is 4.16. The lowest BCUT2D eigenvalue weighted by Gasteiger charge is -2.55. The van der Waals surface area contributed by atoms with E-state index in [2.05, 4.69) is 0 Å². The number of esters is 1. The SMILES string of the molecule is COc1ccc(C(C)=O)cc1COC(=O)C12CC3CC(CC(C3)C1)C2. The maximum absolute atomic E-state index is 13.0. The zero-order valence-electron chi connectivity index (χ0n) is 15.0. The number of ether oxygens (including phenoxy) is 2. The molecule has 0 atom stereocenters. The Hall–Kier alpha value is -1.84. The summed E-state index contributed by atoms with van der Waals surface area (Å²) in [6.07, 6.45) is 6.93. The average molecular weight is 342 g/mol. The van der Waals surface area contributed by atoms with E-state index in [1.165, 1.54) is 26.2 Å². The highest BCUT2D eigenvalue weighted by Crippen LogP contribution is 2.60. The second-order valence-electron chi connectivity index (χ2n) is 8.36. The molecule has 4 nitrogen and oxygen atoms in total. The van der Waals surface area contributed by atoms with Crippen molar-refractivity contribution in [3.8, 4) is 5.75 Å². The smallest absolute Gasteiger partial charge is 0.312 e. The van der Waals surface area contributed by atoms with Crippen molar-refractivity contribution in [1.82, 2.24) is 0 Å². The summed E-state index contributed by atoms with van der Waals surface area (Å²) in [4.78, 5) is 24.6. The Balaban J connectivity index is 1.49. The van der Waals surface area contributed by atoms with Crippen molar-refractivity contribution in [2.24, 2.45) is 23.2 Å². The third-order valence-electron chi connectivity index (χ3n) is 6.52. The van der Waals surface area contributed by atoms with Gasteiger partial charge < -0.3 is 9.47 Å². The van der Waals surface area contributed by atoms with Crippen LogP contribution >= 0.6 is 0 Å². The minimum Gasteiger partial charge on any atom is -0.496 e. The minimum absolute atomic E-state index is 0.00341. The number of methoxy groups -OCH3 is 1. The molecule has 0 aromatic heterocycles. The van der Waals surface area contributed by atoms with Crippen molar-refractivity contribution in [3.05, 3.63) is 29.3 Å². The van der Waals surface area contributed by atoms with E-state index in [1.54, 1.807) is 25.3 Å². The second-order valence-corrected chi connectivity index (χ2v) is 8.36. The number of benzene rings is 1. The van der Waals surface area contributed by atoms with Gasteiger partial charge in [-0.2, -0.15) is 0 Å². The summed E-state index contributed by atoms with van der Waals surface area (Å²) in [5, 5.41) is 0. The van der Waals surface area contributed by atoms with E-state index in [4.69, 9.17) is 9.47 Å². The van der Waals surface area contributed by atoms with Gasteiger partial charge in [0, 0.05) is 11.1 Å². The molecule has 4 heteroatoms. The molecule has 1 aromatic rings. The number of Topliss-reactive ketones (excluding diaryl/α,β-unsaturated/α-hetero) is 1. The highest BCUT2D eigenvalue weighted by Gasteiger charge is 2.55. The molecule has 0 heterocycles. The van der Waals surface area contributed by atoms with Gasteiger partial charge in [0.05, 0.1) is 12.5 Å². The molecule has 25 heavy (non-hydrogen) atoms. The van der Waals surface area contributed by atoms with Crippen molar-refractivity contribution >= 4 is 11.8 Å². The predicted molar refractivity (Wildman–Crippen MR) is 93.4 cm³/mol. The van der Waals surface area contributed by atoms with Crippen molar-refractivity contribution in [2.75, 3.05) is 7.11 Å². The monoisotopic (exact) mass is 342 g/mol. The van der Waals surface area contributed by atoms with Gasteiger partial charge >= 0.3 is 5.97 Å². The van der Waals surface area contributed by atoms with Gasteiger partial charge in [0.15, 0.2) is 5.78 Å². The average Bonchev–Trinajstić information content (AvgIpc) is 2.58. The van der Waals surface area contributed by atoms with Crippen LogP contribution in [0.4, 0.5) is 0 Å². The largest absolute Gasteiger partial charge is 0.496 e. The van der Waals surface area contributed by atoms with E-state index < -0.39 is 0 Å². The highest BCUT2D eigenvalue weighted by molar-refractivity contribution is 5.94. The minimum atomic E-state index is -0.250. The first-order chi connectivity index (χ1) is 12.0. The maximum Gasteiger partial charge on any atom is 0.312 e. The van der Waals surface area contributed by atoms with Gasteiger partial charge in [-0.25, -0.2) is 0 Å². The lowest BCUT2D eigenvalue weighted by Crippen LogP contribution is -2.50. The molecule has 134 valence electrons. The van der Waals surface area contributed by atoms with Crippen LogP contribution in [0.25, 0.3) is 0 Å². The van der Waals surface area contributed by atoms with Crippen LogP contribution in [-0.4, -0.2) is 18.9 Å². The molecule has 0 unspecified atom stereocenters. The molecule has 0 spiro atoms. The van der Waals surface area contributed by atoms with E-state index in [0.29, 0.717) is 11.3 Å². The van der Waals surface area contributed by atoms with E-state index in [0.717, 1.165) is 42.6 Å². The summed E-state index contributed by atoms with van der Waals surface area (Å²) in [6, 6.07) is 5.28. The molecule has 4 bridgehead atoms. The van der Waals surface area contributed by atoms with Gasteiger partial charge in [-0.1, -0.05) is 0 Å². The van der Waals surface area contributed by atoms with E-state index in [1.807, 2.05) is 0 Å². The van der Waals surface area contributed by atoms with Crippen LogP contribution in [0.3, 0.4) is 0 Å². The van der Waals surface area contributed by atoms with E-state index in [9.17, 15) is 9.59 Å². The number of carbonyl (C=O) groups excluding carboxylic acids is 2. The maximum atomic E-state index is 13.0. The zero-order valence-corrected chi connectivity index (χ0v) is 15.0. The Morgan fingerprint density at radius 3 is 2.20 bits per heavy atom. The van der Waals surface area contributed by atoms with Gasteiger partial charge in [0.2, 0.25) is 0 Å². The second kappa shape index (κ2) is 6.15. The van der Waals surface area contributed by atoms with Crippen molar-refractivity contribution < 1.29 is 19.1 Å². The quantitative estimate of drug-likeness (QED) is 0.596. The Kier molecular flexibility index (Phi) is 4.09. The van der Waals surface area contributed by atoms with Crippen molar-refractivity contribution in [1.29, 1.82) is 0 Å². The van der Waals surface area contributed by atoms with Gasteiger partial charge in [0.25, 0.3) is 0 Å². The Morgan fingerprint density at radius 1 is 1.08 bits per heavy atom. The van der Waals surface area contributed by atoms with Crippen LogP contribution in [0.1, 0.15) is 61.4 Å². The molecule has 4 fully saturated rings. The number of ketones is 1. The molecule has 4 aliphatic rings. The van der Waals surface area contributed by atoms with Crippen LogP contribution in [0.5, 0.6) is 5.75 Å². The molecular formula is C21H26O4. The first kappa shape index (κ1) is 16.6. The fourth-order valence-corrected chi connectivity index (χ4v) is 5.77. The summed E-state index contributed by atoms with van der Waals surface area (Å²) >= 11 is 0. The molecule has 5 rings (SSSR count). The Labute approximate surface area is 148 Å². The van der Waals surface area contributed by atoms with E-state index in [-0.39, 0.29) is 23.8 Å². The Bertz CT molecular complexity index is 671. The molecule has 0 saturated heterocycles. The zero-order chi connectivity index (χ0) is 17.6. The third-order valence-corrected chi connectivity index (χ3v) is 6.52. The number of hydrogen-bond donors (Lipinski definition) is 0. The topological polar surface area (TPSA) is 52.6 Å². The number of hydrogen-bond acceptors (Lipinski definition) is 4. The number of rotatable bonds is 5. The van der Waals surface area contributed by atoms with Crippen LogP contribution in [-0.2, 0) is 16.1 Å². The van der Waals surface area contributed by atoms with E-state index >= 15 is 0 Å². The standard InChI is InChI=1S/C21H26O4/c1-13(22)17-3-4-19(24-2)18(8-17)12-25-20(23)21-9-14-5-15(10-21)7-16(6-14)11-21/h3-4,8,14-16H,5-7,9-12H2,1-2H3. The van der Waals surface area contributed by atoms with Gasteiger partial charge in [0.1, 0.15) is 12.4 Å². The van der Waals surface area contributed by atoms with Crippen LogP contribution in [0, 0.1) is 23.2 Å². The molecule has 4 aliphatic carbocycles. The summed E-state index contributed by atoms with van der Waals surface area (Å²) in [5.41, 5.74) is 1.12. The summed E-state index contributed by atoms with van der Waals surface area (Å²) < 4.78 is 11.1. The van der Waals surface area contributed by atoms with Crippen molar-refractivity contribution in [3.63, 3.8) is 0 Å². The lowest BCUT2D eigenvalue weighted by molar-refractivity contribution is -0.173. The molecular weight excluding hydrogens is 316 g/mol. The first-order valence-corrected chi connectivity index (χ1v) is 9.34. The summed E-state index contributed by atoms with van der Waals surface area (Å²) in [5.74, 6) is 2.76. The van der Waals surface area contributed by atoms with Crippen LogP contribution < -0.4 is 4.74 Å².